The summed E-state index contributed by atoms with van der Waals surface area (Å²) in [5.41, 5.74) is 6.89. The minimum atomic E-state index is -0.469. The summed E-state index contributed by atoms with van der Waals surface area (Å²) in [4.78, 5) is 16.0. The fraction of sp³-hybridized carbons (Fsp3) is 0.471. The predicted octanol–water partition coefficient (Wildman–Crippen LogP) is 2.98. The van der Waals surface area contributed by atoms with Crippen LogP contribution in [0.15, 0.2) is 33.3 Å². The van der Waals surface area contributed by atoms with Crippen LogP contribution >= 0.6 is 15.9 Å². The Hall–Kier alpha value is -1.73. The summed E-state index contributed by atoms with van der Waals surface area (Å²) in [6.07, 6.45) is 4.38. The van der Waals surface area contributed by atoms with Crippen molar-refractivity contribution in [3.63, 3.8) is 0 Å². The molecule has 1 amide bonds. The zero-order valence-corrected chi connectivity index (χ0v) is 15.2. The maximum absolute atomic E-state index is 11.5. The van der Waals surface area contributed by atoms with E-state index in [9.17, 15) is 4.79 Å². The van der Waals surface area contributed by atoms with Gasteiger partial charge in [0.1, 0.15) is 0 Å². The highest BCUT2D eigenvalue weighted by Gasteiger charge is 2.36. The molecule has 128 valence electrons. The number of nitrogens with two attached hydrogens (primary N) is 1. The van der Waals surface area contributed by atoms with Crippen molar-refractivity contribution in [2.75, 3.05) is 0 Å². The Kier molecular flexibility index (Phi) is 5.01. The van der Waals surface area contributed by atoms with Crippen LogP contribution in [0.1, 0.15) is 55.9 Å². The van der Waals surface area contributed by atoms with Crippen LogP contribution in [-0.4, -0.2) is 16.0 Å². The molecule has 1 fully saturated rings. The standard InChI is InChI=1S/C17H21BrN4O2/c1-11(23)20-14(12-4-6-13(18)7-5-12)10-15-21-16(22-24-15)17(19)8-2-3-9-17/h4-7,14H,2-3,8-10,19H2,1H3,(H,20,23). The van der Waals surface area contributed by atoms with Crippen molar-refractivity contribution in [2.45, 2.75) is 50.6 Å². The van der Waals surface area contributed by atoms with Crippen molar-refractivity contribution in [3.8, 4) is 0 Å². The van der Waals surface area contributed by atoms with E-state index in [0.717, 1.165) is 35.7 Å². The Morgan fingerprint density at radius 2 is 2.04 bits per heavy atom. The van der Waals surface area contributed by atoms with E-state index in [4.69, 9.17) is 10.3 Å². The maximum Gasteiger partial charge on any atom is 0.229 e. The number of amides is 1. The Morgan fingerprint density at radius 3 is 2.67 bits per heavy atom. The number of aromatic nitrogens is 2. The molecule has 1 saturated carbocycles. The normalized spacial score (nSPS) is 17.6. The minimum Gasteiger partial charge on any atom is -0.349 e. The Balaban J connectivity index is 1.79. The van der Waals surface area contributed by atoms with Crippen molar-refractivity contribution >= 4 is 21.8 Å². The van der Waals surface area contributed by atoms with Crippen LogP contribution in [0.3, 0.4) is 0 Å². The van der Waals surface area contributed by atoms with Gasteiger partial charge >= 0.3 is 0 Å². The van der Waals surface area contributed by atoms with Gasteiger partial charge in [-0.25, -0.2) is 0 Å². The zero-order valence-electron chi connectivity index (χ0n) is 13.6. The van der Waals surface area contributed by atoms with Gasteiger partial charge in [-0.3, -0.25) is 4.79 Å². The molecule has 3 N–H and O–H groups in total. The van der Waals surface area contributed by atoms with Crippen LogP contribution in [-0.2, 0) is 16.8 Å². The van der Waals surface area contributed by atoms with Crippen LogP contribution in [0, 0.1) is 0 Å². The smallest absolute Gasteiger partial charge is 0.229 e. The van der Waals surface area contributed by atoms with Gasteiger partial charge in [0.25, 0.3) is 0 Å². The van der Waals surface area contributed by atoms with E-state index in [2.05, 4.69) is 31.4 Å². The number of benzene rings is 1. The number of hydrogen-bond acceptors (Lipinski definition) is 5. The first-order valence-corrected chi connectivity index (χ1v) is 8.90. The molecule has 0 radical (unpaired) electrons. The fourth-order valence-corrected chi connectivity index (χ4v) is 3.40. The molecule has 1 aliphatic carbocycles. The third-order valence-corrected chi connectivity index (χ3v) is 4.97. The SMILES string of the molecule is CC(=O)NC(Cc1nc(C2(N)CCCC2)no1)c1ccc(Br)cc1. The summed E-state index contributed by atoms with van der Waals surface area (Å²) in [6, 6.07) is 7.58. The average Bonchev–Trinajstić information content (AvgIpc) is 3.17. The van der Waals surface area contributed by atoms with Crippen LogP contribution in [0.5, 0.6) is 0 Å². The number of nitrogens with zero attached hydrogens (tertiary/aromatic N) is 2. The Bertz CT molecular complexity index is 708. The third-order valence-electron chi connectivity index (χ3n) is 4.44. The van der Waals surface area contributed by atoms with E-state index in [-0.39, 0.29) is 11.9 Å². The minimum absolute atomic E-state index is 0.103. The van der Waals surface area contributed by atoms with Crippen molar-refractivity contribution in [1.29, 1.82) is 0 Å². The van der Waals surface area contributed by atoms with Crippen LogP contribution in [0.4, 0.5) is 0 Å². The first-order chi connectivity index (χ1) is 11.5. The van der Waals surface area contributed by atoms with Gasteiger partial charge in [-0.2, -0.15) is 4.98 Å². The summed E-state index contributed by atoms with van der Waals surface area (Å²) in [5, 5.41) is 7.02. The second-order valence-electron chi connectivity index (χ2n) is 6.38. The van der Waals surface area contributed by atoms with E-state index in [1.807, 2.05) is 24.3 Å². The molecule has 0 bridgehead atoms. The highest BCUT2D eigenvalue weighted by atomic mass is 79.9. The van der Waals surface area contributed by atoms with Gasteiger partial charge in [-0.15, -0.1) is 0 Å². The maximum atomic E-state index is 11.5. The molecule has 3 rings (SSSR count). The number of rotatable bonds is 5. The van der Waals surface area contributed by atoms with Crippen LogP contribution in [0.2, 0.25) is 0 Å². The lowest BCUT2D eigenvalue weighted by molar-refractivity contribution is -0.119. The molecular weight excluding hydrogens is 372 g/mol. The van der Waals surface area contributed by atoms with Crippen molar-refractivity contribution in [2.24, 2.45) is 5.73 Å². The number of carbonyl (C=O) groups excluding carboxylic acids is 1. The molecule has 1 aromatic carbocycles. The largest absolute Gasteiger partial charge is 0.349 e. The van der Waals surface area contributed by atoms with Gasteiger partial charge in [-0.05, 0) is 30.5 Å². The molecule has 1 unspecified atom stereocenters. The molecule has 0 aliphatic heterocycles. The van der Waals surface area contributed by atoms with E-state index in [1.54, 1.807) is 0 Å². The first-order valence-electron chi connectivity index (χ1n) is 8.11. The Labute approximate surface area is 149 Å². The van der Waals surface area contributed by atoms with E-state index >= 15 is 0 Å². The topological polar surface area (TPSA) is 94.0 Å². The molecule has 24 heavy (non-hydrogen) atoms. The summed E-state index contributed by atoms with van der Waals surface area (Å²) < 4.78 is 6.38. The van der Waals surface area contributed by atoms with Crippen molar-refractivity contribution in [3.05, 3.63) is 46.0 Å². The zero-order chi connectivity index (χ0) is 17.2. The summed E-state index contributed by atoms with van der Waals surface area (Å²) in [5.74, 6) is 0.963. The van der Waals surface area contributed by atoms with Gasteiger partial charge < -0.3 is 15.6 Å². The molecule has 7 heteroatoms. The molecule has 0 saturated heterocycles. The van der Waals surface area contributed by atoms with Gasteiger partial charge in [-0.1, -0.05) is 46.1 Å². The molecule has 1 aliphatic rings. The summed E-state index contributed by atoms with van der Waals surface area (Å²) in [6.45, 7) is 1.50. The fourth-order valence-electron chi connectivity index (χ4n) is 3.14. The van der Waals surface area contributed by atoms with Gasteiger partial charge in [0, 0.05) is 11.4 Å². The second-order valence-corrected chi connectivity index (χ2v) is 7.30. The lowest BCUT2D eigenvalue weighted by Crippen LogP contribution is -2.34. The quantitative estimate of drug-likeness (QED) is 0.815. The van der Waals surface area contributed by atoms with Gasteiger partial charge in [0.2, 0.25) is 11.8 Å². The predicted molar refractivity (Wildman–Crippen MR) is 93.0 cm³/mol. The molecule has 2 aromatic rings. The highest BCUT2D eigenvalue weighted by molar-refractivity contribution is 9.10. The van der Waals surface area contributed by atoms with Crippen molar-refractivity contribution in [1.82, 2.24) is 15.5 Å². The van der Waals surface area contributed by atoms with Crippen LogP contribution < -0.4 is 11.1 Å². The van der Waals surface area contributed by atoms with E-state index in [1.165, 1.54) is 6.92 Å². The average molecular weight is 393 g/mol. The molecule has 0 spiro atoms. The number of hydrogen-bond donors (Lipinski definition) is 2. The summed E-state index contributed by atoms with van der Waals surface area (Å²) in [7, 11) is 0. The lowest BCUT2D eigenvalue weighted by atomic mass is 9.98. The molecular formula is C17H21BrN4O2. The van der Waals surface area contributed by atoms with Gasteiger partial charge in [0.05, 0.1) is 18.0 Å². The first kappa shape index (κ1) is 17.1. The van der Waals surface area contributed by atoms with Crippen LogP contribution in [0.25, 0.3) is 0 Å². The second kappa shape index (κ2) is 7.03. The monoisotopic (exact) mass is 392 g/mol. The molecule has 6 nitrogen and oxygen atoms in total. The molecule has 1 atom stereocenters. The molecule has 1 heterocycles. The molecule has 1 aromatic heterocycles. The van der Waals surface area contributed by atoms with E-state index in [0.29, 0.717) is 18.1 Å². The third kappa shape index (κ3) is 3.84. The summed E-state index contributed by atoms with van der Waals surface area (Å²) >= 11 is 3.42. The van der Waals surface area contributed by atoms with Gasteiger partial charge in [0.15, 0.2) is 5.82 Å². The number of halogens is 1. The Morgan fingerprint density at radius 1 is 1.38 bits per heavy atom. The highest BCUT2D eigenvalue weighted by Crippen LogP contribution is 2.34. The van der Waals surface area contributed by atoms with E-state index < -0.39 is 5.54 Å². The number of carbonyl (C=O) groups is 1. The van der Waals surface area contributed by atoms with Crippen molar-refractivity contribution < 1.29 is 9.32 Å². The number of nitrogens with one attached hydrogen (secondary N) is 1. The lowest BCUT2D eigenvalue weighted by Gasteiger charge is -2.18.